The molecule has 4 rings (SSSR count). The maximum Gasteiger partial charge on any atom is 0.337 e. The topological polar surface area (TPSA) is 93.3 Å². The number of hydrogen-bond donors (Lipinski definition) is 2. The van der Waals surface area contributed by atoms with Crippen molar-refractivity contribution >= 4 is 23.5 Å². The number of methoxy groups -OCH3 is 1. The number of anilines is 1. The number of rotatable bonds is 7. The highest BCUT2D eigenvalue weighted by atomic mass is 32.2. The van der Waals surface area contributed by atoms with Crippen LogP contribution in [0.3, 0.4) is 0 Å². The van der Waals surface area contributed by atoms with Crippen LogP contribution in [0.5, 0.6) is 5.75 Å². The maximum atomic E-state index is 13.4. The van der Waals surface area contributed by atoms with Crippen molar-refractivity contribution in [2.45, 2.75) is 43.7 Å². The van der Waals surface area contributed by atoms with E-state index in [1.807, 2.05) is 54.6 Å². The van der Waals surface area contributed by atoms with Crippen LogP contribution in [0.25, 0.3) is 0 Å². The number of nitrogens with zero attached hydrogens (tertiary/aromatic N) is 1. The third-order valence-electron chi connectivity index (χ3n) is 5.45. The van der Waals surface area contributed by atoms with Gasteiger partial charge in [-0.15, -0.1) is 0 Å². The summed E-state index contributed by atoms with van der Waals surface area (Å²) in [5, 5.41) is 3.67. The SMILES string of the molecule is COc1ccccc1C1C(C(=O)OC(C)C)=C(C)Nc2nc(SCc3ccccc3)[nH]c(=O)c21. The van der Waals surface area contributed by atoms with Gasteiger partial charge in [-0.2, -0.15) is 0 Å². The van der Waals surface area contributed by atoms with Crippen LogP contribution in [0, 0.1) is 0 Å². The molecule has 2 aromatic carbocycles. The van der Waals surface area contributed by atoms with Gasteiger partial charge in [0.25, 0.3) is 5.56 Å². The summed E-state index contributed by atoms with van der Waals surface area (Å²) < 4.78 is 11.1. The summed E-state index contributed by atoms with van der Waals surface area (Å²) in [6.07, 6.45) is -0.305. The van der Waals surface area contributed by atoms with Gasteiger partial charge in [0.15, 0.2) is 5.16 Å². The molecule has 1 aliphatic heterocycles. The quantitative estimate of drug-likeness (QED) is 0.285. The van der Waals surface area contributed by atoms with Crippen molar-refractivity contribution in [2.24, 2.45) is 0 Å². The molecule has 34 heavy (non-hydrogen) atoms. The Morgan fingerprint density at radius 1 is 1.12 bits per heavy atom. The van der Waals surface area contributed by atoms with Crippen molar-refractivity contribution < 1.29 is 14.3 Å². The van der Waals surface area contributed by atoms with Crippen LogP contribution in [0.1, 0.15) is 43.4 Å². The Morgan fingerprint density at radius 3 is 2.53 bits per heavy atom. The Balaban J connectivity index is 1.80. The number of ether oxygens (including phenoxy) is 2. The fourth-order valence-corrected chi connectivity index (χ4v) is 4.81. The predicted molar refractivity (Wildman–Crippen MR) is 133 cm³/mol. The fraction of sp³-hybridized carbons (Fsp3) is 0.269. The summed E-state index contributed by atoms with van der Waals surface area (Å²) in [5.74, 6) is 0.490. The van der Waals surface area contributed by atoms with Crippen molar-refractivity contribution in [3.63, 3.8) is 0 Å². The summed E-state index contributed by atoms with van der Waals surface area (Å²) in [4.78, 5) is 34.2. The van der Waals surface area contributed by atoms with E-state index in [0.29, 0.717) is 44.9 Å². The zero-order valence-corrected chi connectivity index (χ0v) is 20.4. The molecule has 1 aliphatic rings. The summed E-state index contributed by atoms with van der Waals surface area (Å²) in [5.41, 5.74) is 2.82. The molecule has 1 atom stereocenters. The van der Waals surface area contributed by atoms with Gasteiger partial charge in [0.1, 0.15) is 11.6 Å². The van der Waals surface area contributed by atoms with Crippen molar-refractivity contribution in [2.75, 3.05) is 12.4 Å². The molecule has 0 bridgehead atoms. The molecule has 1 unspecified atom stereocenters. The molecule has 7 nitrogen and oxygen atoms in total. The molecule has 176 valence electrons. The first kappa shape index (κ1) is 23.6. The molecular weight excluding hydrogens is 450 g/mol. The second kappa shape index (κ2) is 10.2. The Labute approximate surface area is 202 Å². The van der Waals surface area contributed by atoms with Gasteiger partial charge in [-0.1, -0.05) is 60.3 Å². The summed E-state index contributed by atoms with van der Waals surface area (Å²) in [7, 11) is 1.56. The normalized spacial score (nSPS) is 15.0. The van der Waals surface area contributed by atoms with Crippen LogP contribution in [-0.2, 0) is 15.3 Å². The molecular formula is C26H27N3O4S. The lowest BCUT2D eigenvalue weighted by atomic mass is 9.82. The Bertz CT molecular complexity index is 1280. The first-order valence-corrected chi connectivity index (χ1v) is 12.0. The van der Waals surface area contributed by atoms with Gasteiger partial charge in [-0.3, -0.25) is 4.79 Å². The molecule has 0 saturated heterocycles. The summed E-state index contributed by atoms with van der Waals surface area (Å²) >= 11 is 1.44. The number of aromatic nitrogens is 2. The number of allylic oxidation sites excluding steroid dienone is 1. The molecule has 0 fully saturated rings. The van der Waals surface area contributed by atoms with Gasteiger partial charge >= 0.3 is 5.97 Å². The lowest BCUT2D eigenvalue weighted by Crippen LogP contribution is -2.32. The number of H-pyrrole nitrogens is 1. The van der Waals surface area contributed by atoms with Crippen LogP contribution in [0.15, 0.2) is 75.8 Å². The number of carbonyl (C=O) groups excluding carboxylic acids is 1. The molecule has 2 N–H and O–H groups in total. The van der Waals surface area contributed by atoms with E-state index in [1.54, 1.807) is 27.9 Å². The minimum absolute atomic E-state index is 0.305. The van der Waals surface area contributed by atoms with E-state index in [9.17, 15) is 9.59 Å². The molecule has 1 aromatic heterocycles. The highest BCUT2D eigenvalue weighted by Crippen LogP contribution is 2.43. The van der Waals surface area contributed by atoms with Gasteiger partial charge in [0.05, 0.1) is 30.3 Å². The first-order chi connectivity index (χ1) is 16.4. The van der Waals surface area contributed by atoms with Crippen molar-refractivity contribution in [1.82, 2.24) is 9.97 Å². The molecule has 8 heteroatoms. The predicted octanol–water partition coefficient (Wildman–Crippen LogP) is 4.85. The van der Waals surface area contributed by atoms with Crippen LogP contribution in [0.4, 0.5) is 5.82 Å². The largest absolute Gasteiger partial charge is 0.496 e. The number of thioether (sulfide) groups is 1. The third-order valence-corrected chi connectivity index (χ3v) is 6.40. The zero-order chi connectivity index (χ0) is 24.2. The van der Waals surface area contributed by atoms with E-state index < -0.39 is 11.9 Å². The van der Waals surface area contributed by atoms with E-state index in [2.05, 4.69) is 10.3 Å². The van der Waals surface area contributed by atoms with Gasteiger partial charge in [0.2, 0.25) is 0 Å². The van der Waals surface area contributed by atoms with Gasteiger partial charge in [0, 0.05) is 17.0 Å². The molecule has 0 spiro atoms. The Kier molecular flexibility index (Phi) is 7.07. The Hall–Kier alpha value is -3.52. The van der Waals surface area contributed by atoms with Crippen LogP contribution in [-0.4, -0.2) is 29.2 Å². The van der Waals surface area contributed by atoms with Crippen molar-refractivity contribution in [1.29, 1.82) is 0 Å². The molecule has 0 amide bonds. The average Bonchev–Trinajstić information content (AvgIpc) is 2.82. The number of hydrogen-bond acceptors (Lipinski definition) is 7. The second-order valence-electron chi connectivity index (χ2n) is 8.20. The van der Waals surface area contributed by atoms with Crippen LogP contribution in [0.2, 0.25) is 0 Å². The number of esters is 1. The smallest absolute Gasteiger partial charge is 0.337 e. The fourth-order valence-electron chi connectivity index (χ4n) is 3.99. The highest BCUT2D eigenvalue weighted by Gasteiger charge is 2.38. The number of fused-ring (bicyclic) bond motifs is 1. The summed E-state index contributed by atoms with van der Waals surface area (Å²) in [6, 6.07) is 17.3. The minimum atomic E-state index is -0.692. The standard InChI is InChI=1S/C26H27N3O4S/c1-15(2)33-25(31)20-16(3)27-23-22(21(20)18-12-8-9-13-19(18)32-4)24(30)29-26(28-23)34-14-17-10-6-5-7-11-17/h5-13,15,21H,14H2,1-4H3,(H2,27,28,29,30). The number of para-hydroxylation sites is 1. The molecule has 0 aliphatic carbocycles. The van der Waals surface area contributed by atoms with E-state index in [0.717, 1.165) is 5.56 Å². The first-order valence-electron chi connectivity index (χ1n) is 11.0. The van der Waals surface area contributed by atoms with E-state index in [4.69, 9.17) is 14.5 Å². The van der Waals surface area contributed by atoms with Crippen LogP contribution < -0.4 is 15.6 Å². The van der Waals surface area contributed by atoms with Gasteiger partial charge < -0.3 is 19.8 Å². The minimum Gasteiger partial charge on any atom is -0.496 e. The monoisotopic (exact) mass is 477 g/mol. The molecule has 2 heterocycles. The number of aromatic amines is 1. The van der Waals surface area contributed by atoms with Crippen molar-refractivity contribution in [3.05, 3.63) is 92.9 Å². The number of benzene rings is 2. The molecule has 3 aromatic rings. The van der Waals surface area contributed by atoms with E-state index in [-0.39, 0.29) is 11.7 Å². The maximum absolute atomic E-state index is 13.4. The highest BCUT2D eigenvalue weighted by molar-refractivity contribution is 7.98. The number of nitrogens with one attached hydrogen (secondary N) is 2. The molecule has 0 saturated carbocycles. The third kappa shape index (κ3) is 4.87. The molecule has 0 radical (unpaired) electrons. The second-order valence-corrected chi connectivity index (χ2v) is 9.16. The van der Waals surface area contributed by atoms with Crippen LogP contribution >= 0.6 is 11.8 Å². The summed E-state index contributed by atoms with van der Waals surface area (Å²) in [6.45, 7) is 5.38. The van der Waals surface area contributed by atoms with E-state index in [1.165, 1.54) is 11.8 Å². The lowest BCUT2D eigenvalue weighted by molar-refractivity contribution is -0.143. The van der Waals surface area contributed by atoms with E-state index >= 15 is 0 Å². The number of carbonyl (C=O) groups is 1. The zero-order valence-electron chi connectivity index (χ0n) is 19.5. The lowest BCUT2D eigenvalue weighted by Gasteiger charge is -2.30. The van der Waals surface area contributed by atoms with Gasteiger partial charge in [-0.25, -0.2) is 9.78 Å². The van der Waals surface area contributed by atoms with Gasteiger partial charge in [-0.05, 0) is 32.4 Å². The average molecular weight is 478 g/mol. The Morgan fingerprint density at radius 2 is 1.82 bits per heavy atom. The van der Waals surface area contributed by atoms with Crippen molar-refractivity contribution in [3.8, 4) is 5.75 Å².